The highest BCUT2D eigenvalue weighted by Crippen LogP contribution is 2.25. The number of amides is 1. The van der Waals surface area contributed by atoms with Gasteiger partial charge in [0.1, 0.15) is 10.7 Å². The summed E-state index contributed by atoms with van der Waals surface area (Å²) in [6.45, 7) is 2.16. The minimum Gasteiger partial charge on any atom is -0.339 e. The van der Waals surface area contributed by atoms with Gasteiger partial charge in [-0.15, -0.1) is 0 Å². The van der Waals surface area contributed by atoms with Crippen LogP contribution in [0.15, 0.2) is 23.1 Å². The molecule has 0 bridgehead atoms. The maximum atomic E-state index is 14.1. The molecule has 0 N–H and O–H groups in total. The molecule has 0 aromatic heterocycles. The van der Waals surface area contributed by atoms with Gasteiger partial charge in [0, 0.05) is 31.7 Å². The van der Waals surface area contributed by atoms with Crippen molar-refractivity contribution < 1.29 is 17.6 Å². The summed E-state index contributed by atoms with van der Waals surface area (Å²) >= 11 is 0. The maximum absolute atomic E-state index is 14.1. The van der Waals surface area contributed by atoms with Crippen LogP contribution in [0.4, 0.5) is 4.39 Å². The Labute approximate surface area is 136 Å². The minimum absolute atomic E-state index is 0.224. The monoisotopic (exact) mass is 340 g/mol. The zero-order chi connectivity index (χ0) is 16.4. The fourth-order valence-corrected chi connectivity index (χ4v) is 4.79. The Morgan fingerprint density at radius 3 is 2.22 bits per heavy atom. The molecule has 0 unspecified atom stereocenters. The number of rotatable bonds is 3. The van der Waals surface area contributed by atoms with E-state index < -0.39 is 15.8 Å². The van der Waals surface area contributed by atoms with E-state index in [-0.39, 0.29) is 16.4 Å². The third-order valence-electron chi connectivity index (χ3n) is 4.50. The molecule has 3 rings (SSSR count). The average Bonchev–Trinajstić information content (AvgIpc) is 3.10. The highest BCUT2D eigenvalue weighted by molar-refractivity contribution is 7.89. The quantitative estimate of drug-likeness (QED) is 0.848. The summed E-state index contributed by atoms with van der Waals surface area (Å²) < 4.78 is 40.8. The summed E-state index contributed by atoms with van der Waals surface area (Å²) in [6.07, 6.45) is 4.46. The Kier molecular flexibility index (Phi) is 4.68. The molecule has 1 aromatic carbocycles. The van der Waals surface area contributed by atoms with E-state index in [2.05, 4.69) is 0 Å². The Morgan fingerprint density at radius 1 is 0.957 bits per heavy atom. The predicted molar refractivity (Wildman–Crippen MR) is 84.1 cm³/mol. The molecule has 2 fully saturated rings. The third-order valence-corrected chi connectivity index (χ3v) is 6.42. The van der Waals surface area contributed by atoms with E-state index in [1.54, 1.807) is 4.90 Å². The fraction of sp³-hybridized carbons (Fsp3) is 0.562. The fourth-order valence-electron chi connectivity index (χ4n) is 3.18. The highest BCUT2D eigenvalue weighted by atomic mass is 32.2. The van der Waals surface area contributed by atoms with Crippen molar-refractivity contribution in [3.8, 4) is 0 Å². The SMILES string of the molecule is O=C(c1ccc(F)c(S(=O)(=O)N2CCCCC2)c1)N1CCCC1. The molecule has 2 saturated heterocycles. The van der Waals surface area contributed by atoms with Gasteiger partial charge in [-0.25, -0.2) is 12.8 Å². The molecule has 5 nitrogen and oxygen atoms in total. The zero-order valence-corrected chi connectivity index (χ0v) is 13.8. The molecule has 0 aliphatic carbocycles. The van der Waals surface area contributed by atoms with Gasteiger partial charge < -0.3 is 4.90 Å². The van der Waals surface area contributed by atoms with Crippen LogP contribution in [-0.2, 0) is 10.0 Å². The minimum atomic E-state index is -3.88. The van der Waals surface area contributed by atoms with E-state index in [4.69, 9.17) is 0 Å². The van der Waals surface area contributed by atoms with E-state index in [0.29, 0.717) is 26.2 Å². The van der Waals surface area contributed by atoms with Crippen molar-refractivity contribution in [3.05, 3.63) is 29.6 Å². The van der Waals surface area contributed by atoms with Gasteiger partial charge in [0.15, 0.2) is 0 Å². The molecule has 0 saturated carbocycles. The molecule has 0 spiro atoms. The molecule has 7 heteroatoms. The van der Waals surface area contributed by atoms with Crippen molar-refractivity contribution in [1.29, 1.82) is 0 Å². The molecule has 0 atom stereocenters. The lowest BCUT2D eigenvalue weighted by molar-refractivity contribution is 0.0792. The number of nitrogens with zero attached hydrogens (tertiary/aromatic N) is 2. The van der Waals surface area contributed by atoms with Crippen molar-refractivity contribution in [2.45, 2.75) is 37.0 Å². The first-order valence-electron chi connectivity index (χ1n) is 8.09. The molecule has 126 valence electrons. The van der Waals surface area contributed by atoms with Gasteiger partial charge in [0.25, 0.3) is 5.91 Å². The van der Waals surface area contributed by atoms with Crippen molar-refractivity contribution in [2.75, 3.05) is 26.2 Å². The lowest BCUT2D eigenvalue weighted by Crippen LogP contribution is -2.36. The van der Waals surface area contributed by atoms with Crippen LogP contribution in [0.5, 0.6) is 0 Å². The van der Waals surface area contributed by atoms with E-state index in [0.717, 1.165) is 38.2 Å². The topological polar surface area (TPSA) is 57.7 Å². The first kappa shape index (κ1) is 16.4. The van der Waals surface area contributed by atoms with Crippen molar-refractivity contribution in [3.63, 3.8) is 0 Å². The van der Waals surface area contributed by atoms with Crippen LogP contribution >= 0.6 is 0 Å². The van der Waals surface area contributed by atoms with Gasteiger partial charge in [-0.1, -0.05) is 6.42 Å². The Balaban J connectivity index is 1.92. The largest absolute Gasteiger partial charge is 0.339 e. The first-order valence-corrected chi connectivity index (χ1v) is 9.53. The number of benzene rings is 1. The van der Waals surface area contributed by atoms with Gasteiger partial charge >= 0.3 is 0 Å². The number of likely N-dealkylation sites (tertiary alicyclic amines) is 1. The number of sulfonamides is 1. The van der Waals surface area contributed by atoms with Gasteiger partial charge in [0.05, 0.1) is 0 Å². The van der Waals surface area contributed by atoms with Crippen LogP contribution in [0, 0.1) is 5.82 Å². The van der Waals surface area contributed by atoms with Crippen LogP contribution in [0.1, 0.15) is 42.5 Å². The molecule has 2 heterocycles. The zero-order valence-electron chi connectivity index (χ0n) is 13.0. The second kappa shape index (κ2) is 6.57. The number of carbonyl (C=O) groups is 1. The first-order chi connectivity index (χ1) is 11.0. The Hall–Kier alpha value is -1.47. The summed E-state index contributed by atoms with van der Waals surface area (Å²) in [5.41, 5.74) is 0.240. The molecule has 1 amide bonds. The van der Waals surface area contributed by atoms with E-state index in [9.17, 15) is 17.6 Å². The Bertz CT molecular complexity index is 693. The van der Waals surface area contributed by atoms with Crippen LogP contribution < -0.4 is 0 Å². The lowest BCUT2D eigenvalue weighted by Gasteiger charge is -2.26. The summed E-state index contributed by atoms with van der Waals surface area (Å²) in [7, 11) is -3.88. The van der Waals surface area contributed by atoms with E-state index in [1.807, 2.05) is 0 Å². The van der Waals surface area contributed by atoms with E-state index >= 15 is 0 Å². The lowest BCUT2D eigenvalue weighted by atomic mass is 10.2. The molecule has 23 heavy (non-hydrogen) atoms. The van der Waals surface area contributed by atoms with E-state index in [1.165, 1.54) is 16.4 Å². The number of piperidine rings is 1. The molecule has 1 aromatic rings. The molecule has 0 radical (unpaired) electrons. The number of hydrogen-bond donors (Lipinski definition) is 0. The van der Waals surface area contributed by atoms with Crippen molar-refractivity contribution in [2.24, 2.45) is 0 Å². The number of hydrogen-bond acceptors (Lipinski definition) is 3. The van der Waals surface area contributed by atoms with Gasteiger partial charge in [-0.3, -0.25) is 4.79 Å². The van der Waals surface area contributed by atoms with Crippen molar-refractivity contribution in [1.82, 2.24) is 9.21 Å². The summed E-state index contributed by atoms with van der Waals surface area (Å²) in [6, 6.07) is 3.64. The molecular formula is C16H21FN2O3S. The van der Waals surface area contributed by atoms with Crippen LogP contribution in [0.25, 0.3) is 0 Å². The van der Waals surface area contributed by atoms with Crippen LogP contribution in [0.3, 0.4) is 0 Å². The van der Waals surface area contributed by atoms with Crippen LogP contribution in [-0.4, -0.2) is 49.7 Å². The summed E-state index contributed by atoms with van der Waals surface area (Å²) in [5, 5.41) is 0. The standard InChI is InChI=1S/C16H21FN2O3S/c17-14-7-6-13(16(20)18-8-4-5-9-18)12-15(14)23(21,22)19-10-2-1-3-11-19/h6-7,12H,1-5,8-11H2. The predicted octanol–water partition coefficient (Wildman–Crippen LogP) is 2.24. The van der Waals surface area contributed by atoms with Crippen molar-refractivity contribution >= 4 is 15.9 Å². The highest BCUT2D eigenvalue weighted by Gasteiger charge is 2.30. The summed E-state index contributed by atoms with van der Waals surface area (Å²) in [4.78, 5) is 13.7. The molecule has 2 aliphatic rings. The summed E-state index contributed by atoms with van der Waals surface area (Å²) in [5.74, 6) is -1.02. The average molecular weight is 340 g/mol. The normalized spacial score (nSPS) is 20.0. The molecular weight excluding hydrogens is 319 g/mol. The number of carbonyl (C=O) groups excluding carboxylic acids is 1. The van der Waals surface area contributed by atoms with Crippen LogP contribution in [0.2, 0.25) is 0 Å². The van der Waals surface area contributed by atoms with Gasteiger partial charge in [-0.2, -0.15) is 4.31 Å². The second-order valence-electron chi connectivity index (χ2n) is 6.11. The smallest absolute Gasteiger partial charge is 0.253 e. The van der Waals surface area contributed by atoms with Gasteiger partial charge in [0.2, 0.25) is 10.0 Å². The number of halogens is 1. The maximum Gasteiger partial charge on any atom is 0.253 e. The van der Waals surface area contributed by atoms with Gasteiger partial charge in [-0.05, 0) is 43.9 Å². The third kappa shape index (κ3) is 3.26. The Morgan fingerprint density at radius 2 is 1.57 bits per heavy atom. The molecule has 2 aliphatic heterocycles. The second-order valence-corrected chi connectivity index (χ2v) is 8.02.